The standard InChI is InChI=1S/C21H24O11/c22-7-14-18(29)19(30)20(31)21(32-14)15-11(24)4-2-9(17(15)28)16(27)13(26)6-8-1-3-10(23)12(25)5-8/h1-5,13-14,18-26,28-31H,6-7H2/t13-,14-,18-,19+,20-,21+/m0/s1. The number of carbonyl (C=O) groups is 1. The van der Waals surface area contributed by atoms with Gasteiger partial charge < -0.3 is 50.7 Å². The molecule has 0 radical (unpaired) electrons. The molecule has 0 bridgehead atoms. The Bertz CT molecular complexity index is 990. The van der Waals surface area contributed by atoms with E-state index in [2.05, 4.69) is 0 Å². The predicted octanol–water partition coefficient (Wildman–Crippen LogP) is -1.19. The van der Waals surface area contributed by atoms with Gasteiger partial charge in [-0.3, -0.25) is 4.79 Å². The van der Waals surface area contributed by atoms with Gasteiger partial charge in [0.05, 0.1) is 17.7 Å². The molecule has 1 aliphatic heterocycles. The zero-order valence-electron chi connectivity index (χ0n) is 16.6. The van der Waals surface area contributed by atoms with Crippen LogP contribution in [-0.2, 0) is 11.2 Å². The monoisotopic (exact) mass is 452 g/mol. The number of phenolic OH excluding ortho intramolecular Hbond substituents is 4. The maximum absolute atomic E-state index is 12.8. The fourth-order valence-electron chi connectivity index (χ4n) is 3.61. The highest BCUT2D eigenvalue weighted by atomic mass is 16.5. The highest BCUT2D eigenvalue weighted by Crippen LogP contribution is 2.43. The van der Waals surface area contributed by atoms with Crippen LogP contribution in [0, 0.1) is 0 Å². The van der Waals surface area contributed by atoms with Gasteiger partial charge in [-0.25, -0.2) is 0 Å². The van der Waals surface area contributed by atoms with Crippen LogP contribution < -0.4 is 0 Å². The maximum Gasteiger partial charge on any atom is 0.195 e. The van der Waals surface area contributed by atoms with Crippen molar-refractivity contribution in [1.82, 2.24) is 0 Å². The van der Waals surface area contributed by atoms with Gasteiger partial charge in [-0.1, -0.05) is 6.07 Å². The average Bonchev–Trinajstić information content (AvgIpc) is 2.75. The van der Waals surface area contributed by atoms with Crippen LogP contribution in [0.5, 0.6) is 23.0 Å². The van der Waals surface area contributed by atoms with E-state index >= 15 is 0 Å². The van der Waals surface area contributed by atoms with Gasteiger partial charge in [0.15, 0.2) is 17.3 Å². The minimum atomic E-state index is -1.82. The first kappa shape index (κ1) is 23.7. The van der Waals surface area contributed by atoms with Crippen molar-refractivity contribution in [2.24, 2.45) is 0 Å². The summed E-state index contributed by atoms with van der Waals surface area (Å²) in [5.41, 5.74) is -0.582. The molecule has 0 aliphatic carbocycles. The molecule has 0 amide bonds. The van der Waals surface area contributed by atoms with E-state index in [1.807, 2.05) is 0 Å². The minimum Gasteiger partial charge on any atom is -0.507 e. The molecule has 2 aromatic rings. The van der Waals surface area contributed by atoms with Crippen LogP contribution >= 0.6 is 0 Å². The molecule has 174 valence electrons. The molecule has 0 aromatic heterocycles. The van der Waals surface area contributed by atoms with Crippen LogP contribution in [0.2, 0.25) is 0 Å². The Morgan fingerprint density at radius 2 is 1.56 bits per heavy atom. The quantitative estimate of drug-likeness (QED) is 0.188. The summed E-state index contributed by atoms with van der Waals surface area (Å²) in [4.78, 5) is 12.8. The second-order valence-electron chi connectivity index (χ2n) is 7.55. The summed E-state index contributed by atoms with van der Waals surface area (Å²) in [5.74, 6) is -3.20. The lowest BCUT2D eigenvalue weighted by molar-refractivity contribution is -0.232. The van der Waals surface area contributed by atoms with Crippen molar-refractivity contribution >= 4 is 5.78 Å². The summed E-state index contributed by atoms with van der Waals surface area (Å²) >= 11 is 0. The summed E-state index contributed by atoms with van der Waals surface area (Å²) in [6, 6.07) is 5.77. The van der Waals surface area contributed by atoms with Crippen molar-refractivity contribution in [1.29, 1.82) is 0 Å². The molecule has 6 atom stereocenters. The van der Waals surface area contributed by atoms with Crippen molar-refractivity contribution in [3.8, 4) is 23.0 Å². The predicted molar refractivity (Wildman–Crippen MR) is 106 cm³/mol. The number of ether oxygens (including phenoxy) is 1. The van der Waals surface area contributed by atoms with Crippen molar-refractivity contribution in [2.45, 2.75) is 43.0 Å². The van der Waals surface area contributed by atoms with Crippen LogP contribution in [0.25, 0.3) is 0 Å². The van der Waals surface area contributed by atoms with Crippen molar-refractivity contribution < 1.29 is 55.5 Å². The Morgan fingerprint density at radius 1 is 0.906 bits per heavy atom. The van der Waals surface area contributed by atoms with E-state index in [0.29, 0.717) is 5.56 Å². The van der Waals surface area contributed by atoms with Crippen LogP contribution in [0.3, 0.4) is 0 Å². The van der Waals surface area contributed by atoms with E-state index in [1.165, 1.54) is 12.1 Å². The second-order valence-corrected chi connectivity index (χ2v) is 7.55. The Hall–Kier alpha value is -2.93. The minimum absolute atomic E-state index is 0.275. The van der Waals surface area contributed by atoms with E-state index in [4.69, 9.17) is 4.74 Å². The molecule has 11 nitrogen and oxygen atoms in total. The van der Waals surface area contributed by atoms with E-state index in [1.54, 1.807) is 0 Å². The molecule has 1 heterocycles. The number of Topliss-reactive ketones (excluding diaryl/α,β-unsaturated/α-hetero) is 1. The van der Waals surface area contributed by atoms with Crippen molar-refractivity contribution in [2.75, 3.05) is 6.61 Å². The highest BCUT2D eigenvalue weighted by Gasteiger charge is 2.46. The normalized spacial score (nSPS) is 26.6. The number of aromatic hydroxyl groups is 4. The van der Waals surface area contributed by atoms with E-state index in [0.717, 1.165) is 18.2 Å². The Labute approximate surface area is 181 Å². The number of hydrogen-bond acceptors (Lipinski definition) is 11. The molecule has 1 fully saturated rings. The molecule has 9 N–H and O–H groups in total. The molecule has 3 rings (SSSR count). The van der Waals surface area contributed by atoms with Gasteiger partial charge in [0.1, 0.15) is 48.1 Å². The van der Waals surface area contributed by atoms with Gasteiger partial charge in [0.25, 0.3) is 0 Å². The number of ketones is 1. The third-order valence-electron chi connectivity index (χ3n) is 5.41. The first-order valence-corrected chi connectivity index (χ1v) is 9.65. The lowest BCUT2D eigenvalue weighted by Gasteiger charge is -2.40. The van der Waals surface area contributed by atoms with E-state index < -0.39 is 77.4 Å². The third kappa shape index (κ3) is 4.35. The molecule has 32 heavy (non-hydrogen) atoms. The fraction of sp³-hybridized carbons (Fsp3) is 0.381. The number of rotatable bonds is 6. The number of aliphatic hydroxyl groups is 5. The van der Waals surface area contributed by atoms with E-state index in [9.17, 15) is 50.8 Å². The molecule has 0 unspecified atom stereocenters. The molecule has 1 aliphatic rings. The Kier molecular flexibility index (Phi) is 6.88. The Balaban J connectivity index is 1.91. The first-order valence-electron chi connectivity index (χ1n) is 9.65. The number of benzene rings is 2. The van der Waals surface area contributed by atoms with Crippen LogP contribution in [-0.4, -0.2) is 88.9 Å². The molecule has 0 saturated carbocycles. The average molecular weight is 452 g/mol. The summed E-state index contributed by atoms with van der Waals surface area (Å²) in [6.45, 7) is -0.736. The lowest BCUT2D eigenvalue weighted by Crippen LogP contribution is -2.55. The van der Waals surface area contributed by atoms with Gasteiger partial charge in [-0.2, -0.15) is 0 Å². The van der Waals surface area contributed by atoms with Gasteiger partial charge in [0.2, 0.25) is 0 Å². The Morgan fingerprint density at radius 3 is 2.19 bits per heavy atom. The molecule has 1 saturated heterocycles. The molecule has 0 spiro atoms. The topological polar surface area (TPSA) is 208 Å². The van der Waals surface area contributed by atoms with Crippen LogP contribution in [0.4, 0.5) is 0 Å². The molecule has 11 heteroatoms. The van der Waals surface area contributed by atoms with Crippen LogP contribution in [0.1, 0.15) is 27.6 Å². The fourth-order valence-corrected chi connectivity index (χ4v) is 3.61. The highest BCUT2D eigenvalue weighted by molar-refractivity contribution is 6.02. The van der Waals surface area contributed by atoms with E-state index in [-0.39, 0.29) is 12.2 Å². The number of aliphatic hydroxyl groups excluding tert-OH is 5. The van der Waals surface area contributed by atoms with Crippen molar-refractivity contribution in [3.63, 3.8) is 0 Å². The van der Waals surface area contributed by atoms with Gasteiger partial charge in [0, 0.05) is 6.42 Å². The van der Waals surface area contributed by atoms with Gasteiger partial charge in [-0.15, -0.1) is 0 Å². The summed E-state index contributed by atoms with van der Waals surface area (Å²) in [6.07, 6.45) is -10.1. The maximum atomic E-state index is 12.8. The largest absolute Gasteiger partial charge is 0.507 e. The number of carbonyl (C=O) groups excluding carboxylic acids is 1. The molecular weight excluding hydrogens is 428 g/mol. The third-order valence-corrected chi connectivity index (χ3v) is 5.41. The van der Waals surface area contributed by atoms with Crippen molar-refractivity contribution in [3.05, 3.63) is 47.0 Å². The number of hydrogen-bond donors (Lipinski definition) is 9. The second kappa shape index (κ2) is 9.28. The molecule has 2 aromatic carbocycles. The van der Waals surface area contributed by atoms with Crippen LogP contribution in [0.15, 0.2) is 30.3 Å². The first-order chi connectivity index (χ1) is 15.1. The summed E-state index contributed by atoms with van der Waals surface area (Å²) in [5, 5.41) is 89.6. The van der Waals surface area contributed by atoms with Gasteiger partial charge in [-0.05, 0) is 29.8 Å². The lowest BCUT2D eigenvalue weighted by atomic mass is 9.88. The SMILES string of the molecule is O=C(c1ccc(O)c([C@H]2O[C@@H](CO)[C@H](O)[C@@H](O)[C@@H]2O)c1O)[C@@H](O)Cc1ccc(O)c(O)c1. The smallest absolute Gasteiger partial charge is 0.195 e. The molecular formula is C21H24O11. The number of phenols is 4. The summed E-state index contributed by atoms with van der Waals surface area (Å²) in [7, 11) is 0. The van der Waals surface area contributed by atoms with Gasteiger partial charge >= 0.3 is 0 Å². The zero-order valence-corrected chi connectivity index (χ0v) is 16.6. The zero-order chi connectivity index (χ0) is 23.7. The summed E-state index contributed by atoms with van der Waals surface area (Å²) < 4.78 is 5.34.